The summed E-state index contributed by atoms with van der Waals surface area (Å²) in [5, 5.41) is -0.286. The smallest absolute Gasteiger partial charge is 0.240 e. The third-order valence-electron chi connectivity index (χ3n) is 2.83. The van der Waals surface area contributed by atoms with Crippen molar-refractivity contribution in [1.29, 1.82) is 0 Å². The molecule has 2 nitrogen and oxygen atoms in total. The van der Waals surface area contributed by atoms with E-state index in [2.05, 4.69) is 30.0 Å². The van der Waals surface area contributed by atoms with Crippen molar-refractivity contribution in [2.45, 2.75) is 19.8 Å². The highest BCUT2D eigenvalue weighted by atomic mass is 35.5. The van der Waals surface area contributed by atoms with E-state index < -0.39 is 0 Å². The van der Waals surface area contributed by atoms with Crippen molar-refractivity contribution >= 4 is 22.5 Å². The summed E-state index contributed by atoms with van der Waals surface area (Å²) in [6.45, 7) is 3.32. The summed E-state index contributed by atoms with van der Waals surface area (Å²) in [4.78, 5) is 13.0. The van der Waals surface area contributed by atoms with Crippen LogP contribution in [0.1, 0.15) is 17.5 Å². The minimum Gasteiger partial charge on any atom is -0.362 e. The van der Waals surface area contributed by atoms with Crippen molar-refractivity contribution in [3.63, 3.8) is 0 Å². The molecule has 0 radical (unpaired) electrons. The average molecular weight is 224 g/mol. The Hall–Kier alpha value is -1.02. The number of anilines is 1. The van der Waals surface area contributed by atoms with Crippen LogP contribution in [-0.2, 0) is 11.2 Å². The molecule has 0 bridgehead atoms. The van der Waals surface area contributed by atoms with Gasteiger partial charge >= 0.3 is 0 Å². The molecule has 0 aromatic heterocycles. The standard InChI is InChI=1S/C12H14ClNO/c1-9-4-2-5-10-6-3-7-14(12(9)10)8-11(13)15/h2,4-5H,3,6-8H2,1H3. The zero-order valence-corrected chi connectivity index (χ0v) is 9.55. The summed E-state index contributed by atoms with van der Waals surface area (Å²) in [5.74, 6) is 0. The second-order valence-corrected chi connectivity index (χ2v) is 4.38. The largest absolute Gasteiger partial charge is 0.362 e. The lowest BCUT2D eigenvalue weighted by molar-refractivity contribution is -0.110. The SMILES string of the molecule is Cc1cccc2c1N(CC(=O)Cl)CCC2. The fourth-order valence-corrected chi connectivity index (χ4v) is 2.40. The highest BCUT2D eigenvalue weighted by Gasteiger charge is 2.19. The zero-order valence-electron chi connectivity index (χ0n) is 8.79. The van der Waals surface area contributed by atoms with Crippen LogP contribution in [0.15, 0.2) is 18.2 Å². The van der Waals surface area contributed by atoms with E-state index >= 15 is 0 Å². The molecule has 0 saturated carbocycles. The molecular formula is C12H14ClNO. The number of halogens is 1. The van der Waals surface area contributed by atoms with E-state index in [0.29, 0.717) is 6.54 Å². The molecule has 1 aromatic carbocycles. The Morgan fingerprint density at radius 1 is 1.53 bits per heavy atom. The van der Waals surface area contributed by atoms with Crippen LogP contribution in [0, 0.1) is 6.92 Å². The lowest BCUT2D eigenvalue weighted by Gasteiger charge is -2.31. The first-order chi connectivity index (χ1) is 7.18. The third-order valence-corrected chi connectivity index (χ3v) is 2.95. The molecule has 2 rings (SSSR count). The predicted molar refractivity (Wildman–Crippen MR) is 62.6 cm³/mol. The van der Waals surface area contributed by atoms with Crippen molar-refractivity contribution in [1.82, 2.24) is 0 Å². The number of carbonyl (C=O) groups excluding carboxylic acids is 1. The van der Waals surface area contributed by atoms with Crippen molar-refractivity contribution in [2.24, 2.45) is 0 Å². The average Bonchev–Trinajstić information content (AvgIpc) is 2.17. The van der Waals surface area contributed by atoms with E-state index in [0.717, 1.165) is 19.4 Å². The molecule has 3 heteroatoms. The maximum absolute atomic E-state index is 11.0. The van der Waals surface area contributed by atoms with Gasteiger partial charge in [0.1, 0.15) is 0 Å². The van der Waals surface area contributed by atoms with E-state index in [-0.39, 0.29) is 5.24 Å². The number of nitrogens with zero attached hydrogens (tertiary/aromatic N) is 1. The Labute approximate surface area is 94.8 Å². The summed E-state index contributed by atoms with van der Waals surface area (Å²) >= 11 is 5.45. The normalized spacial score (nSPS) is 14.9. The van der Waals surface area contributed by atoms with E-state index in [1.165, 1.54) is 16.8 Å². The van der Waals surface area contributed by atoms with Gasteiger partial charge in [-0.2, -0.15) is 0 Å². The summed E-state index contributed by atoms with van der Waals surface area (Å²) in [6, 6.07) is 6.28. The summed E-state index contributed by atoms with van der Waals surface area (Å²) in [5.41, 5.74) is 3.77. The van der Waals surface area contributed by atoms with Gasteiger partial charge in [-0.15, -0.1) is 0 Å². The highest BCUT2D eigenvalue weighted by molar-refractivity contribution is 6.64. The first kappa shape index (κ1) is 10.5. The van der Waals surface area contributed by atoms with E-state index in [1.807, 2.05) is 0 Å². The van der Waals surface area contributed by atoms with Crippen LogP contribution in [0.3, 0.4) is 0 Å². The molecule has 1 aliphatic heterocycles. The molecule has 80 valence electrons. The van der Waals surface area contributed by atoms with Gasteiger partial charge in [0.2, 0.25) is 5.24 Å². The zero-order chi connectivity index (χ0) is 10.8. The number of hydrogen-bond donors (Lipinski definition) is 0. The van der Waals surface area contributed by atoms with Crippen molar-refractivity contribution in [2.75, 3.05) is 18.0 Å². The maximum atomic E-state index is 11.0. The molecule has 1 heterocycles. The molecule has 0 unspecified atom stereocenters. The fraction of sp³-hybridized carbons (Fsp3) is 0.417. The number of aryl methyl sites for hydroxylation is 2. The first-order valence-corrected chi connectivity index (χ1v) is 5.58. The van der Waals surface area contributed by atoms with Gasteiger partial charge < -0.3 is 4.90 Å². The number of para-hydroxylation sites is 1. The molecule has 0 fully saturated rings. The van der Waals surface area contributed by atoms with Gasteiger partial charge in [0.05, 0.1) is 6.54 Å². The minimum absolute atomic E-state index is 0.286. The number of carbonyl (C=O) groups is 1. The molecule has 0 amide bonds. The van der Waals surface area contributed by atoms with Gasteiger partial charge in [-0.05, 0) is 42.5 Å². The molecular weight excluding hydrogens is 210 g/mol. The Kier molecular flexibility index (Phi) is 2.96. The summed E-state index contributed by atoms with van der Waals surface area (Å²) < 4.78 is 0. The second kappa shape index (κ2) is 4.23. The topological polar surface area (TPSA) is 20.3 Å². The number of rotatable bonds is 2. The van der Waals surface area contributed by atoms with Gasteiger partial charge in [0.15, 0.2) is 0 Å². The van der Waals surface area contributed by atoms with Gasteiger partial charge in [0, 0.05) is 12.2 Å². The quantitative estimate of drug-likeness (QED) is 0.719. The second-order valence-electron chi connectivity index (χ2n) is 3.96. The molecule has 0 atom stereocenters. The molecule has 1 aromatic rings. The van der Waals surface area contributed by atoms with Gasteiger partial charge in [-0.3, -0.25) is 4.79 Å². The highest BCUT2D eigenvalue weighted by Crippen LogP contribution is 2.30. The Morgan fingerprint density at radius 3 is 3.07 bits per heavy atom. The monoisotopic (exact) mass is 223 g/mol. The molecule has 15 heavy (non-hydrogen) atoms. The molecule has 1 aliphatic rings. The Bertz CT molecular complexity index is 389. The van der Waals surface area contributed by atoms with Crippen molar-refractivity contribution < 1.29 is 4.79 Å². The van der Waals surface area contributed by atoms with Crippen LogP contribution in [0.5, 0.6) is 0 Å². The number of fused-ring (bicyclic) bond motifs is 1. The van der Waals surface area contributed by atoms with Crippen molar-refractivity contribution in [3.8, 4) is 0 Å². The van der Waals surface area contributed by atoms with E-state index in [9.17, 15) is 4.79 Å². The molecule has 0 N–H and O–H groups in total. The van der Waals surface area contributed by atoms with E-state index in [4.69, 9.17) is 11.6 Å². The van der Waals surface area contributed by atoms with Crippen LogP contribution >= 0.6 is 11.6 Å². The van der Waals surface area contributed by atoms with Crippen LogP contribution in [0.2, 0.25) is 0 Å². The Balaban J connectivity index is 2.36. The molecule has 0 saturated heterocycles. The Morgan fingerprint density at radius 2 is 2.33 bits per heavy atom. The van der Waals surface area contributed by atoms with Crippen molar-refractivity contribution in [3.05, 3.63) is 29.3 Å². The van der Waals surface area contributed by atoms with Crippen LogP contribution in [0.4, 0.5) is 5.69 Å². The predicted octanol–water partition coefficient (Wildman–Crippen LogP) is 2.51. The molecule has 0 aliphatic carbocycles. The van der Waals surface area contributed by atoms with Crippen LogP contribution in [-0.4, -0.2) is 18.3 Å². The number of hydrogen-bond acceptors (Lipinski definition) is 2. The lowest BCUT2D eigenvalue weighted by Crippen LogP contribution is -2.33. The van der Waals surface area contributed by atoms with Gasteiger partial charge in [-0.1, -0.05) is 18.2 Å². The third kappa shape index (κ3) is 2.15. The van der Waals surface area contributed by atoms with Gasteiger partial charge in [0.25, 0.3) is 0 Å². The summed E-state index contributed by atoms with van der Waals surface area (Å²) in [6.07, 6.45) is 2.20. The van der Waals surface area contributed by atoms with Gasteiger partial charge in [-0.25, -0.2) is 0 Å². The maximum Gasteiger partial charge on any atom is 0.240 e. The first-order valence-electron chi connectivity index (χ1n) is 5.20. The van der Waals surface area contributed by atoms with E-state index in [1.54, 1.807) is 0 Å². The van der Waals surface area contributed by atoms with Crippen LogP contribution in [0.25, 0.3) is 0 Å². The summed E-state index contributed by atoms with van der Waals surface area (Å²) in [7, 11) is 0. The fourth-order valence-electron chi connectivity index (χ4n) is 2.25. The molecule has 0 spiro atoms. The minimum atomic E-state index is -0.286. The lowest BCUT2D eigenvalue weighted by atomic mass is 9.98. The van der Waals surface area contributed by atoms with Crippen LogP contribution < -0.4 is 4.90 Å². The number of benzene rings is 1.